The molecule has 1 rings (SSSR count). The topological polar surface area (TPSA) is 12.0 Å². The highest BCUT2D eigenvalue weighted by atomic mass is 14.9. The average Bonchev–Trinajstić information content (AvgIpc) is 2.19. The molecule has 1 aromatic rings. The number of rotatable bonds is 5. The summed E-state index contributed by atoms with van der Waals surface area (Å²) < 4.78 is 0. The van der Waals surface area contributed by atoms with Gasteiger partial charge in [-0.05, 0) is 30.9 Å². The summed E-state index contributed by atoms with van der Waals surface area (Å²) in [4.78, 5) is 0. The molecule has 0 aliphatic rings. The van der Waals surface area contributed by atoms with E-state index in [0.29, 0.717) is 5.92 Å². The zero-order chi connectivity index (χ0) is 9.52. The summed E-state index contributed by atoms with van der Waals surface area (Å²) in [6.07, 6.45) is 3.44. The van der Waals surface area contributed by atoms with Crippen LogP contribution in [0.15, 0.2) is 30.3 Å². The van der Waals surface area contributed by atoms with Crippen LogP contribution in [0.25, 0.3) is 0 Å². The van der Waals surface area contributed by atoms with E-state index in [1.165, 1.54) is 12.1 Å². The van der Waals surface area contributed by atoms with Crippen molar-refractivity contribution in [1.82, 2.24) is 0 Å². The number of anilines is 1. The molecule has 0 aromatic heterocycles. The summed E-state index contributed by atoms with van der Waals surface area (Å²) >= 11 is 0. The van der Waals surface area contributed by atoms with Gasteiger partial charge in [-0.25, -0.2) is 0 Å². The predicted molar refractivity (Wildman–Crippen MR) is 58.7 cm³/mol. The lowest BCUT2D eigenvalue weighted by Crippen LogP contribution is -2.06. The van der Waals surface area contributed by atoms with Gasteiger partial charge < -0.3 is 5.32 Å². The zero-order valence-corrected chi connectivity index (χ0v) is 8.46. The summed E-state index contributed by atoms with van der Waals surface area (Å²) in [6.45, 7) is 5.41. The Morgan fingerprint density at radius 3 is 2.62 bits per heavy atom. The van der Waals surface area contributed by atoms with Gasteiger partial charge in [0.2, 0.25) is 0 Å². The molecular formula is C12H18N. The van der Waals surface area contributed by atoms with Gasteiger partial charge in [-0.1, -0.05) is 32.0 Å². The normalized spacial score (nSPS) is 12.5. The van der Waals surface area contributed by atoms with E-state index in [0.717, 1.165) is 6.54 Å². The fourth-order valence-corrected chi connectivity index (χ4v) is 1.17. The van der Waals surface area contributed by atoms with Crippen molar-refractivity contribution in [3.05, 3.63) is 36.8 Å². The van der Waals surface area contributed by atoms with Gasteiger partial charge >= 0.3 is 0 Å². The van der Waals surface area contributed by atoms with E-state index in [9.17, 15) is 0 Å². The molecule has 1 heteroatoms. The second-order valence-corrected chi connectivity index (χ2v) is 3.39. The van der Waals surface area contributed by atoms with E-state index in [1.54, 1.807) is 0 Å². The van der Waals surface area contributed by atoms with Crippen LogP contribution in [0, 0.1) is 12.3 Å². The van der Waals surface area contributed by atoms with Crippen molar-refractivity contribution in [2.75, 3.05) is 11.9 Å². The fourth-order valence-electron chi connectivity index (χ4n) is 1.17. The third-order valence-corrected chi connectivity index (χ3v) is 2.27. The Hall–Kier alpha value is -0.980. The van der Waals surface area contributed by atoms with Crippen molar-refractivity contribution in [2.24, 2.45) is 5.92 Å². The van der Waals surface area contributed by atoms with E-state index < -0.39 is 0 Å². The lowest BCUT2D eigenvalue weighted by Gasteiger charge is -2.09. The first kappa shape index (κ1) is 10.1. The van der Waals surface area contributed by atoms with E-state index in [2.05, 4.69) is 49.9 Å². The van der Waals surface area contributed by atoms with E-state index in [-0.39, 0.29) is 0 Å². The molecule has 0 spiro atoms. The van der Waals surface area contributed by atoms with E-state index in [4.69, 9.17) is 0 Å². The first-order valence-corrected chi connectivity index (χ1v) is 4.91. The van der Waals surface area contributed by atoms with Gasteiger partial charge in [-0.3, -0.25) is 0 Å². The van der Waals surface area contributed by atoms with Crippen LogP contribution >= 0.6 is 0 Å². The van der Waals surface area contributed by atoms with Gasteiger partial charge in [0.1, 0.15) is 0 Å². The second kappa shape index (κ2) is 5.63. The third-order valence-electron chi connectivity index (χ3n) is 2.27. The molecule has 1 nitrogen and oxygen atoms in total. The van der Waals surface area contributed by atoms with Gasteiger partial charge in [0.25, 0.3) is 0 Å². The Kier molecular flexibility index (Phi) is 4.37. The molecular weight excluding hydrogens is 158 g/mol. The van der Waals surface area contributed by atoms with Crippen LogP contribution in [0.3, 0.4) is 0 Å². The number of hydrogen-bond acceptors (Lipinski definition) is 1. The standard InChI is InChI=1S/C12H18N/c1-3-11(2)9-10-13-12-7-5-4-6-8-12/h3-8,11,13H,9-10H2,1-2H3. The number of hydrogen-bond donors (Lipinski definition) is 1. The largest absolute Gasteiger partial charge is 0.385 e. The van der Waals surface area contributed by atoms with Crippen molar-refractivity contribution in [3.8, 4) is 0 Å². The van der Waals surface area contributed by atoms with Crippen molar-refractivity contribution in [2.45, 2.75) is 20.3 Å². The minimum Gasteiger partial charge on any atom is -0.385 e. The molecule has 0 amide bonds. The molecule has 0 aliphatic carbocycles. The Morgan fingerprint density at radius 2 is 2.00 bits per heavy atom. The quantitative estimate of drug-likeness (QED) is 0.725. The maximum Gasteiger partial charge on any atom is 0.0340 e. The van der Waals surface area contributed by atoms with Crippen molar-refractivity contribution in [1.29, 1.82) is 0 Å². The van der Waals surface area contributed by atoms with E-state index >= 15 is 0 Å². The molecule has 71 valence electrons. The van der Waals surface area contributed by atoms with Crippen LogP contribution in [0.4, 0.5) is 5.69 Å². The molecule has 0 saturated carbocycles. The molecule has 1 N–H and O–H groups in total. The Balaban J connectivity index is 2.20. The van der Waals surface area contributed by atoms with Gasteiger partial charge in [0.15, 0.2) is 0 Å². The van der Waals surface area contributed by atoms with Crippen LogP contribution in [0.5, 0.6) is 0 Å². The Labute approximate surface area is 81.2 Å². The second-order valence-electron chi connectivity index (χ2n) is 3.39. The highest BCUT2D eigenvalue weighted by Gasteiger charge is 1.97. The van der Waals surface area contributed by atoms with Crippen LogP contribution in [0.2, 0.25) is 0 Å². The van der Waals surface area contributed by atoms with Crippen molar-refractivity contribution in [3.63, 3.8) is 0 Å². The summed E-state index contributed by atoms with van der Waals surface area (Å²) in [5, 5.41) is 3.39. The lowest BCUT2D eigenvalue weighted by atomic mass is 10.1. The highest BCUT2D eigenvalue weighted by molar-refractivity contribution is 5.42. The SMILES string of the molecule is C[CH]C(C)CCNc1ccccc1. The van der Waals surface area contributed by atoms with Crippen molar-refractivity contribution < 1.29 is 0 Å². The summed E-state index contributed by atoms with van der Waals surface area (Å²) in [6, 6.07) is 10.3. The smallest absolute Gasteiger partial charge is 0.0340 e. The van der Waals surface area contributed by atoms with E-state index in [1.807, 2.05) is 6.07 Å². The average molecular weight is 176 g/mol. The molecule has 0 bridgehead atoms. The highest BCUT2D eigenvalue weighted by Crippen LogP contribution is 2.08. The molecule has 1 aromatic carbocycles. The molecule has 1 unspecified atom stereocenters. The number of nitrogens with one attached hydrogen (secondary N) is 1. The molecule has 0 fully saturated rings. The Morgan fingerprint density at radius 1 is 1.31 bits per heavy atom. The molecule has 0 aliphatic heterocycles. The predicted octanol–water partition coefficient (Wildman–Crippen LogP) is 3.35. The lowest BCUT2D eigenvalue weighted by molar-refractivity contribution is 0.629. The zero-order valence-electron chi connectivity index (χ0n) is 8.46. The molecule has 0 heterocycles. The summed E-state index contributed by atoms with van der Waals surface area (Å²) in [7, 11) is 0. The Bertz CT molecular complexity index is 218. The van der Waals surface area contributed by atoms with Crippen LogP contribution < -0.4 is 5.32 Å². The summed E-state index contributed by atoms with van der Waals surface area (Å²) in [5.74, 6) is 0.705. The molecule has 1 radical (unpaired) electrons. The molecule has 13 heavy (non-hydrogen) atoms. The van der Waals surface area contributed by atoms with Gasteiger partial charge in [-0.15, -0.1) is 0 Å². The first-order chi connectivity index (χ1) is 6.33. The molecule has 0 saturated heterocycles. The maximum absolute atomic E-state index is 3.39. The minimum absolute atomic E-state index is 0.705. The van der Waals surface area contributed by atoms with Gasteiger partial charge in [-0.2, -0.15) is 0 Å². The fraction of sp³-hybridized carbons (Fsp3) is 0.417. The first-order valence-electron chi connectivity index (χ1n) is 4.91. The number of para-hydroxylation sites is 1. The van der Waals surface area contributed by atoms with Gasteiger partial charge in [0, 0.05) is 12.2 Å². The minimum atomic E-state index is 0.705. The monoisotopic (exact) mass is 176 g/mol. The van der Waals surface area contributed by atoms with Crippen molar-refractivity contribution >= 4 is 5.69 Å². The maximum atomic E-state index is 3.39. The van der Waals surface area contributed by atoms with Crippen LogP contribution in [0.1, 0.15) is 20.3 Å². The van der Waals surface area contributed by atoms with Crippen LogP contribution in [-0.2, 0) is 0 Å². The number of benzene rings is 1. The summed E-state index contributed by atoms with van der Waals surface area (Å²) in [5.41, 5.74) is 1.21. The van der Waals surface area contributed by atoms with Crippen LogP contribution in [-0.4, -0.2) is 6.54 Å². The molecule has 1 atom stereocenters. The van der Waals surface area contributed by atoms with Gasteiger partial charge in [0.05, 0.1) is 0 Å². The third kappa shape index (κ3) is 3.97.